The van der Waals surface area contributed by atoms with Gasteiger partial charge in [0.05, 0.1) is 6.04 Å². The fourth-order valence-corrected chi connectivity index (χ4v) is 3.27. The molecule has 2 N–H and O–H groups in total. The summed E-state index contributed by atoms with van der Waals surface area (Å²) in [5.74, 6) is -1.41. The van der Waals surface area contributed by atoms with Gasteiger partial charge in [0.2, 0.25) is 11.4 Å². The zero-order chi connectivity index (χ0) is 20.1. The molecule has 150 valence electrons. The third-order valence-electron chi connectivity index (χ3n) is 4.41. The predicted molar refractivity (Wildman–Crippen MR) is 101 cm³/mol. The molecule has 0 radical (unpaired) electrons. The minimum absolute atomic E-state index is 0.0110. The Morgan fingerprint density at radius 3 is 2.31 bits per heavy atom. The molecule has 2 amide bonds. The average molecular weight is 370 g/mol. The third-order valence-corrected chi connectivity index (χ3v) is 4.41. The molecule has 0 aromatic heterocycles. The van der Waals surface area contributed by atoms with Gasteiger partial charge < -0.3 is 20.3 Å². The Labute approximate surface area is 157 Å². The Morgan fingerprint density at radius 1 is 1.27 bits per heavy atom. The molecule has 26 heavy (non-hydrogen) atoms. The number of carbonyl (C=O) groups excluding carboxylic acids is 3. The lowest BCUT2D eigenvalue weighted by atomic mass is 9.85. The van der Waals surface area contributed by atoms with Gasteiger partial charge in [-0.15, -0.1) is 0 Å². The molecule has 0 aromatic carbocycles. The quantitative estimate of drug-likeness (QED) is 0.524. The van der Waals surface area contributed by atoms with Crippen molar-refractivity contribution in [3.05, 3.63) is 0 Å². The van der Waals surface area contributed by atoms with Crippen LogP contribution in [0.2, 0.25) is 0 Å². The van der Waals surface area contributed by atoms with Crippen LogP contribution in [0.25, 0.3) is 0 Å². The van der Waals surface area contributed by atoms with E-state index in [-0.39, 0.29) is 24.3 Å². The van der Waals surface area contributed by atoms with Gasteiger partial charge in [-0.1, -0.05) is 13.8 Å². The average Bonchev–Trinajstić information content (AvgIpc) is 3.03. The second kappa shape index (κ2) is 8.84. The van der Waals surface area contributed by atoms with Crippen LogP contribution in [0.15, 0.2) is 0 Å². The molecule has 0 aliphatic carbocycles. The number of carbonyl (C=O) groups is 3. The Bertz CT molecular complexity index is 521. The molecule has 7 nitrogen and oxygen atoms in total. The molecule has 1 aliphatic heterocycles. The summed E-state index contributed by atoms with van der Waals surface area (Å²) in [5.41, 5.74) is -2.44. The first kappa shape index (κ1) is 22.4. The number of hydrogen-bond acceptors (Lipinski definition) is 5. The van der Waals surface area contributed by atoms with Crippen LogP contribution in [-0.4, -0.2) is 60.0 Å². The Morgan fingerprint density at radius 2 is 1.88 bits per heavy atom. The lowest BCUT2D eigenvalue weighted by Gasteiger charge is -2.41. The zero-order valence-electron chi connectivity index (χ0n) is 17.3. The lowest BCUT2D eigenvalue weighted by molar-refractivity contribution is -0.178. The summed E-state index contributed by atoms with van der Waals surface area (Å²) in [5, 5.41) is 5.88. The highest BCUT2D eigenvalue weighted by molar-refractivity contribution is 6.10. The highest BCUT2D eigenvalue weighted by atomic mass is 16.6. The number of hydrogen-bond donors (Lipinski definition) is 2. The van der Waals surface area contributed by atoms with Crippen LogP contribution in [0.4, 0.5) is 0 Å². The zero-order valence-corrected chi connectivity index (χ0v) is 17.3. The number of rotatable bonds is 7. The SMILES string of the molecule is CCNC(=O)[C@@](CC(C)C)(C(=O)OC(C)(C)C)N(C)C(=O)[C@@H]1CCCN1. The molecule has 0 saturated carbocycles. The molecule has 0 aromatic rings. The lowest BCUT2D eigenvalue weighted by Crippen LogP contribution is -2.67. The van der Waals surface area contributed by atoms with E-state index in [1.165, 1.54) is 11.9 Å². The summed E-state index contributed by atoms with van der Waals surface area (Å²) < 4.78 is 5.59. The van der Waals surface area contributed by atoms with Crippen LogP contribution in [0.1, 0.15) is 60.8 Å². The van der Waals surface area contributed by atoms with Crippen molar-refractivity contribution in [2.75, 3.05) is 20.1 Å². The van der Waals surface area contributed by atoms with Crippen LogP contribution >= 0.6 is 0 Å². The first-order chi connectivity index (χ1) is 12.0. The van der Waals surface area contributed by atoms with Crippen LogP contribution in [0, 0.1) is 5.92 Å². The van der Waals surface area contributed by atoms with E-state index >= 15 is 0 Å². The van der Waals surface area contributed by atoms with E-state index < -0.39 is 23.0 Å². The largest absolute Gasteiger partial charge is 0.458 e. The van der Waals surface area contributed by atoms with Gasteiger partial charge >= 0.3 is 5.97 Å². The van der Waals surface area contributed by atoms with Crippen LogP contribution < -0.4 is 10.6 Å². The standard InChI is InChI=1S/C19H35N3O4/c1-8-20-16(24)19(12-13(2)3,17(25)26-18(4,5)6)22(7)15(23)14-10-9-11-21-14/h13-14,21H,8-12H2,1-7H3,(H,20,24)/t14-,19-/m0/s1. The molecule has 2 atom stereocenters. The van der Waals surface area contributed by atoms with Crippen molar-refractivity contribution >= 4 is 17.8 Å². The van der Waals surface area contributed by atoms with E-state index in [1.807, 2.05) is 13.8 Å². The van der Waals surface area contributed by atoms with Gasteiger partial charge in [0.25, 0.3) is 5.91 Å². The van der Waals surface area contributed by atoms with E-state index in [1.54, 1.807) is 27.7 Å². The van der Waals surface area contributed by atoms with Crippen molar-refractivity contribution in [1.29, 1.82) is 0 Å². The smallest absolute Gasteiger partial charge is 0.342 e. The molecule has 7 heteroatoms. The van der Waals surface area contributed by atoms with E-state index in [2.05, 4.69) is 10.6 Å². The highest BCUT2D eigenvalue weighted by Gasteiger charge is 2.54. The summed E-state index contributed by atoms with van der Waals surface area (Å²) in [6.07, 6.45) is 1.79. The first-order valence-corrected chi connectivity index (χ1v) is 9.48. The Hall–Kier alpha value is -1.63. The summed E-state index contributed by atoms with van der Waals surface area (Å²) in [7, 11) is 1.53. The van der Waals surface area contributed by atoms with E-state index in [0.29, 0.717) is 13.0 Å². The number of amides is 2. The summed E-state index contributed by atoms with van der Waals surface area (Å²) >= 11 is 0. The minimum atomic E-state index is -1.68. The molecule has 1 saturated heterocycles. The van der Waals surface area contributed by atoms with Crippen molar-refractivity contribution in [3.63, 3.8) is 0 Å². The van der Waals surface area contributed by atoms with E-state index in [4.69, 9.17) is 4.74 Å². The van der Waals surface area contributed by atoms with Crippen LogP contribution in [-0.2, 0) is 19.1 Å². The van der Waals surface area contributed by atoms with Crippen molar-refractivity contribution in [2.24, 2.45) is 5.92 Å². The fourth-order valence-electron chi connectivity index (χ4n) is 3.27. The van der Waals surface area contributed by atoms with E-state index in [9.17, 15) is 14.4 Å². The molecule has 1 aliphatic rings. The summed E-state index contributed by atoms with van der Waals surface area (Å²) in [6, 6.07) is -0.372. The second-order valence-electron chi connectivity index (χ2n) is 8.37. The number of nitrogens with zero attached hydrogens (tertiary/aromatic N) is 1. The van der Waals surface area contributed by atoms with Crippen molar-refractivity contribution in [3.8, 4) is 0 Å². The van der Waals surface area contributed by atoms with Gasteiger partial charge in [-0.05, 0) is 59.4 Å². The topological polar surface area (TPSA) is 87.7 Å². The Kier molecular flexibility index (Phi) is 7.62. The second-order valence-corrected chi connectivity index (χ2v) is 8.37. The van der Waals surface area contributed by atoms with Gasteiger partial charge in [-0.2, -0.15) is 0 Å². The predicted octanol–water partition coefficient (Wildman–Crippen LogP) is 1.46. The normalized spacial score (nSPS) is 19.8. The van der Waals surface area contributed by atoms with Crippen LogP contribution in [0.3, 0.4) is 0 Å². The van der Waals surface area contributed by atoms with Crippen molar-refractivity contribution < 1.29 is 19.1 Å². The van der Waals surface area contributed by atoms with Gasteiger partial charge in [0.1, 0.15) is 5.60 Å². The van der Waals surface area contributed by atoms with Gasteiger partial charge in [-0.3, -0.25) is 9.59 Å². The van der Waals surface area contributed by atoms with Crippen LogP contribution in [0.5, 0.6) is 0 Å². The number of nitrogens with one attached hydrogen (secondary N) is 2. The van der Waals surface area contributed by atoms with E-state index in [0.717, 1.165) is 13.0 Å². The molecule has 1 rings (SSSR count). The summed E-state index contributed by atoms with van der Waals surface area (Å²) in [4.78, 5) is 40.6. The molecular weight excluding hydrogens is 334 g/mol. The van der Waals surface area contributed by atoms with Gasteiger partial charge in [0.15, 0.2) is 0 Å². The Balaban J connectivity index is 3.36. The fraction of sp³-hybridized carbons (Fsp3) is 0.842. The number of likely N-dealkylation sites (N-methyl/N-ethyl adjacent to an activating group) is 2. The molecule has 0 unspecified atom stereocenters. The maximum Gasteiger partial charge on any atom is 0.342 e. The van der Waals surface area contributed by atoms with Crippen molar-refractivity contribution in [1.82, 2.24) is 15.5 Å². The van der Waals surface area contributed by atoms with Gasteiger partial charge in [-0.25, -0.2) is 4.79 Å². The van der Waals surface area contributed by atoms with Crippen molar-refractivity contribution in [2.45, 2.75) is 78.0 Å². The molecule has 1 heterocycles. The maximum absolute atomic E-state index is 13.2. The monoisotopic (exact) mass is 369 g/mol. The number of esters is 1. The molecule has 0 spiro atoms. The maximum atomic E-state index is 13.2. The minimum Gasteiger partial charge on any atom is -0.458 e. The first-order valence-electron chi connectivity index (χ1n) is 9.48. The molecular formula is C19H35N3O4. The summed E-state index contributed by atoms with van der Waals surface area (Å²) in [6.45, 7) is 12.0. The highest BCUT2D eigenvalue weighted by Crippen LogP contribution is 2.29. The van der Waals surface area contributed by atoms with Gasteiger partial charge in [0, 0.05) is 13.6 Å². The third kappa shape index (κ3) is 5.19. The molecule has 0 bridgehead atoms. The number of ether oxygens (including phenoxy) is 1. The molecule has 1 fully saturated rings.